The van der Waals surface area contributed by atoms with E-state index in [0.29, 0.717) is 12.2 Å². The van der Waals surface area contributed by atoms with Crippen molar-refractivity contribution in [1.29, 1.82) is 0 Å². The number of rotatable bonds is 6. The second kappa shape index (κ2) is 9.79. The van der Waals surface area contributed by atoms with Gasteiger partial charge in [0.05, 0.1) is 12.5 Å². The fraction of sp³-hybridized carbons (Fsp3) is 0.480. The molecule has 31 heavy (non-hydrogen) atoms. The molecule has 0 unspecified atom stereocenters. The van der Waals surface area contributed by atoms with E-state index < -0.39 is 0 Å². The lowest BCUT2D eigenvalue weighted by Crippen LogP contribution is -2.50. The van der Waals surface area contributed by atoms with Crippen LogP contribution in [-0.4, -0.2) is 73.0 Å². The minimum absolute atomic E-state index is 0.0169. The van der Waals surface area contributed by atoms with Crippen LogP contribution in [0, 0.1) is 5.82 Å². The highest BCUT2D eigenvalue weighted by molar-refractivity contribution is 5.79. The molecule has 1 saturated heterocycles. The van der Waals surface area contributed by atoms with Gasteiger partial charge in [0.2, 0.25) is 5.91 Å². The van der Waals surface area contributed by atoms with Crippen molar-refractivity contribution in [2.75, 3.05) is 40.3 Å². The summed E-state index contributed by atoms with van der Waals surface area (Å²) in [6, 6.07) is 15.2. The van der Waals surface area contributed by atoms with Crippen LogP contribution in [0.5, 0.6) is 5.75 Å². The first-order valence-electron chi connectivity index (χ1n) is 11.1. The van der Waals surface area contributed by atoms with Gasteiger partial charge in [-0.15, -0.1) is 0 Å². The van der Waals surface area contributed by atoms with Crippen molar-refractivity contribution < 1.29 is 13.9 Å². The van der Waals surface area contributed by atoms with E-state index in [2.05, 4.69) is 30.0 Å². The number of hydrogen-bond donors (Lipinski definition) is 0. The first kappa shape index (κ1) is 21.8. The van der Waals surface area contributed by atoms with E-state index in [4.69, 9.17) is 4.74 Å². The largest absolute Gasteiger partial charge is 0.492 e. The van der Waals surface area contributed by atoms with Gasteiger partial charge in [0.25, 0.3) is 0 Å². The maximum absolute atomic E-state index is 14.1. The van der Waals surface area contributed by atoms with Gasteiger partial charge in [0, 0.05) is 37.8 Å². The first-order chi connectivity index (χ1) is 15.0. The topological polar surface area (TPSA) is 36.0 Å². The van der Waals surface area contributed by atoms with Crippen molar-refractivity contribution in [3.63, 3.8) is 0 Å². The van der Waals surface area contributed by atoms with Crippen LogP contribution in [-0.2, 0) is 17.8 Å². The molecule has 0 bridgehead atoms. The highest BCUT2D eigenvalue weighted by Crippen LogP contribution is 2.27. The Morgan fingerprint density at radius 1 is 1.13 bits per heavy atom. The van der Waals surface area contributed by atoms with E-state index in [-0.39, 0.29) is 30.2 Å². The van der Waals surface area contributed by atoms with Crippen molar-refractivity contribution >= 4 is 5.91 Å². The summed E-state index contributed by atoms with van der Waals surface area (Å²) in [4.78, 5) is 19.7. The molecular formula is C25H32FN3O2. The van der Waals surface area contributed by atoms with Crippen LogP contribution < -0.4 is 4.74 Å². The smallest absolute Gasteiger partial charge is 0.227 e. The quantitative estimate of drug-likeness (QED) is 0.712. The Morgan fingerprint density at radius 3 is 2.71 bits per heavy atom. The van der Waals surface area contributed by atoms with Gasteiger partial charge < -0.3 is 14.5 Å². The lowest BCUT2D eigenvalue weighted by Gasteiger charge is -2.35. The van der Waals surface area contributed by atoms with E-state index >= 15 is 0 Å². The van der Waals surface area contributed by atoms with E-state index in [1.165, 1.54) is 11.6 Å². The second-order valence-corrected chi connectivity index (χ2v) is 8.92. The minimum Gasteiger partial charge on any atom is -0.492 e. The molecule has 2 aromatic rings. The first-order valence-corrected chi connectivity index (χ1v) is 11.1. The summed E-state index contributed by atoms with van der Waals surface area (Å²) in [6.45, 7) is 3.88. The third-order valence-corrected chi connectivity index (χ3v) is 6.31. The number of carbonyl (C=O) groups excluding carboxylic acids is 1. The number of likely N-dealkylation sites (tertiary alicyclic amines) is 1. The molecule has 4 rings (SSSR count). The Hall–Kier alpha value is -2.44. The molecule has 0 spiro atoms. The molecule has 5 nitrogen and oxygen atoms in total. The Kier molecular flexibility index (Phi) is 6.88. The van der Waals surface area contributed by atoms with Gasteiger partial charge >= 0.3 is 0 Å². The number of likely N-dealkylation sites (N-methyl/N-ethyl adjacent to an activating group) is 1. The SMILES string of the molecule is CN(C)C[C@@H]1COc2ccccc2CN1C[C@H]1CCCN1C(=O)Cc1ccccc1F. The van der Waals surface area contributed by atoms with Crippen LogP contribution in [0.1, 0.15) is 24.0 Å². The van der Waals surface area contributed by atoms with Gasteiger partial charge in [-0.3, -0.25) is 9.69 Å². The summed E-state index contributed by atoms with van der Waals surface area (Å²) in [5.74, 6) is 0.662. The molecule has 1 fully saturated rings. The highest BCUT2D eigenvalue weighted by Gasteiger charge is 2.34. The molecule has 0 aromatic heterocycles. The number of carbonyl (C=O) groups is 1. The van der Waals surface area contributed by atoms with Crippen molar-refractivity contribution in [2.45, 2.75) is 37.9 Å². The highest BCUT2D eigenvalue weighted by atomic mass is 19.1. The normalized spacial score (nSPS) is 21.6. The van der Waals surface area contributed by atoms with E-state index in [1.807, 2.05) is 23.1 Å². The molecule has 0 N–H and O–H groups in total. The van der Waals surface area contributed by atoms with Crippen LogP contribution in [0.25, 0.3) is 0 Å². The minimum atomic E-state index is -0.307. The second-order valence-electron chi connectivity index (χ2n) is 8.92. The number of halogens is 1. The maximum Gasteiger partial charge on any atom is 0.227 e. The molecule has 2 aliphatic heterocycles. The van der Waals surface area contributed by atoms with Crippen molar-refractivity contribution in [2.24, 2.45) is 0 Å². The maximum atomic E-state index is 14.1. The van der Waals surface area contributed by atoms with Gasteiger partial charge in [-0.25, -0.2) is 4.39 Å². The van der Waals surface area contributed by atoms with Crippen LogP contribution in [0.15, 0.2) is 48.5 Å². The van der Waals surface area contributed by atoms with E-state index in [1.54, 1.807) is 18.2 Å². The third kappa shape index (κ3) is 5.25. The predicted octanol–water partition coefficient (Wildman–Crippen LogP) is 3.18. The van der Waals surface area contributed by atoms with Crippen molar-refractivity contribution in [3.05, 3.63) is 65.5 Å². The van der Waals surface area contributed by atoms with Crippen LogP contribution in [0.4, 0.5) is 4.39 Å². The summed E-state index contributed by atoms with van der Waals surface area (Å²) in [7, 11) is 4.16. The zero-order valence-corrected chi connectivity index (χ0v) is 18.5. The fourth-order valence-electron chi connectivity index (χ4n) is 4.75. The van der Waals surface area contributed by atoms with Crippen molar-refractivity contribution in [3.8, 4) is 5.75 Å². The van der Waals surface area contributed by atoms with Gasteiger partial charge in [-0.1, -0.05) is 36.4 Å². The van der Waals surface area contributed by atoms with E-state index in [0.717, 1.165) is 44.8 Å². The van der Waals surface area contributed by atoms with Gasteiger partial charge in [-0.05, 0) is 44.6 Å². The Labute approximate surface area is 184 Å². The summed E-state index contributed by atoms with van der Waals surface area (Å²) in [5, 5.41) is 0. The lowest BCUT2D eigenvalue weighted by atomic mass is 10.1. The fourth-order valence-corrected chi connectivity index (χ4v) is 4.75. The standard InChI is InChI=1S/C25H32FN3O2/c1-27(2)16-22-18-31-24-12-6-4-9-20(24)15-28(22)17-21-10-7-13-29(21)25(30)14-19-8-3-5-11-23(19)26/h3-6,8-9,11-12,21-22H,7,10,13-18H2,1-2H3/t21-,22-/m1/s1. The van der Waals surface area contributed by atoms with Gasteiger partial charge in [-0.2, -0.15) is 0 Å². The zero-order chi connectivity index (χ0) is 21.8. The molecule has 0 radical (unpaired) electrons. The third-order valence-electron chi connectivity index (χ3n) is 6.31. The Bertz CT molecular complexity index is 904. The molecule has 0 aliphatic carbocycles. The summed E-state index contributed by atoms with van der Waals surface area (Å²) in [6.07, 6.45) is 2.10. The van der Waals surface area contributed by atoms with Gasteiger partial charge in [0.15, 0.2) is 0 Å². The number of fused-ring (bicyclic) bond motifs is 1. The Balaban J connectivity index is 1.49. The van der Waals surface area contributed by atoms with Crippen LogP contribution in [0.3, 0.4) is 0 Å². The lowest BCUT2D eigenvalue weighted by molar-refractivity contribution is -0.131. The number of hydrogen-bond acceptors (Lipinski definition) is 4. The molecule has 2 aliphatic rings. The molecule has 2 aromatic carbocycles. The molecular weight excluding hydrogens is 393 g/mol. The number of nitrogens with zero attached hydrogens (tertiary/aromatic N) is 3. The summed E-state index contributed by atoms with van der Waals surface area (Å²) < 4.78 is 20.2. The number of para-hydroxylation sites is 1. The molecule has 6 heteroatoms. The van der Waals surface area contributed by atoms with Crippen LogP contribution >= 0.6 is 0 Å². The van der Waals surface area contributed by atoms with Crippen LogP contribution in [0.2, 0.25) is 0 Å². The average Bonchev–Trinajstić information content (AvgIpc) is 3.14. The summed E-state index contributed by atoms with van der Waals surface area (Å²) >= 11 is 0. The molecule has 0 saturated carbocycles. The molecule has 1 amide bonds. The molecule has 2 atom stereocenters. The van der Waals surface area contributed by atoms with Gasteiger partial charge in [0.1, 0.15) is 18.2 Å². The Morgan fingerprint density at radius 2 is 1.90 bits per heavy atom. The van der Waals surface area contributed by atoms with E-state index in [9.17, 15) is 9.18 Å². The summed E-state index contributed by atoms with van der Waals surface area (Å²) in [5.41, 5.74) is 1.66. The number of benzene rings is 2. The molecule has 2 heterocycles. The number of ether oxygens (including phenoxy) is 1. The monoisotopic (exact) mass is 425 g/mol. The number of amides is 1. The average molecular weight is 426 g/mol. The van der Waals surface area contributed by atoms with Crippen molar-refractivity contribution in [1.82, 2.24) is 14.7 Å². The molecule has 166 valence electrons. The predicted molar refractivity (Wildman–Crippen MR) is 120 cm³/mol. The zero-order valence-electron chi connectivity index (χ0n) is 18.5.